The molecule has 0 aliphatic carbocycles. The largest absolute Gasteiger partial charge is 0.399 e. The van der Waals surface area contributed by atoms with Gasteiger partial charge in [-0.25, -0.2) is 0 Å². The first kappa shape index (κ1) is 18.9. The number of nitro benzene ring substituents is 1. The molecule has 4 aromatic rings. The molecule has 31 heavy (non-hydrogen) atoms. The summed E-state index contributed by atoms with van der Waals surface area (Å²) in [6, 6.07) is 10.3. The van der Waals surface area contributed by atoms with Gasteiger partial charge >= 0.3 is 0 Å². The molecule has 3 N–H and O–H groups in total. The number of hydrogen-bond acceptors (Lipinski definition) is 5. The molecule has 9 heteroatoms. The maximum atomic E-state index is 12.3. The Morgan fingerprint density at radius 3 is 2.61 bits per heavy atom. The van der Waals surface area contributed by atoms with Gasteiger partial charge in [-0.05, 0) is 29.3 Å². The number of nitrogens with zero attached hydrogens (tertiary/aromatic N) is 3. The van der Waals surface area contributed by atoms with E-state index in [4.69, 9.17) is 5.73 Å². The van der Waals surface area contributed by atoms with Crippen LogP contribution in [0.4, 0.5) is 11.4 Å². The highest BCUT2D eigenvalue weighted by atomic mass is 16.6. The van der Waals surface area contributed by atoms with Gasteiger partial charge in [0.15, 0.2) is 0 Å². The first-order valence-electron chi connectivity index (χ1n) is 9.76. The zero-order valence-corrected chi connectivity index (χ0v) is 16.7. The second-order valence-corrected chi connectivity index (χ2v) is 7.88. The van der Waals surface area contributed by atoms with Crippen molar-refractivity contribution in [2.24, 2.45) is 7.05 Å². The molecule has 1 fully saturated rings. The van der Waals surface area contributed by atoms with Crippen LogP contribution in [0.3, 0.4) is 0 Å². The number of fused-ring (bicyclic) bond motifs is 2. The highest BCUT2D eigenvalue weighted by molar-refractivity contribution is 6.08. The van der Waals surface area contributed by atoms with Crippen LogP contribution in [-0.2, 0) is 23.2 Å². The molecule has 1 aliphatic heterocycles. The first-order valence-corrected chi connectivity index (χ1v) is 9.76. The highest BCUT2D eigenvalue weighted by Gasteiger charge is 2.34. The van der Waals surface area contributed by atoms with E-state index in [1.54, 1.807) is 6.07 Å². The zero-order valence-electron chi connectivity index (χ0n) is 16.7. The quantitative estimate of drug-likeness (QED) is 0.229. The summed E-state index contributed by atoms with van der Waals surface area (Å²) in [6.07, 6.45) is 3.90. The lowest BCUT2D eigenvalue weighted by Crippen LogP contribution is -2.21. The lowest BCUT2D eigenvalue weighted by Gasteiger charge is -2.05. The van der Waals surface area contributed by atoms with Gasteiger partial charge in [0.1, 0.15) is 0 Å². The third-order valence-electron chi connectivity index (χ3n) is 5.89. The van der Waals surface area contributed by atoms with Crippen molar-refractivity contribution in [2.75, 3.05) is 5.73 Å². The average Bonchev–Trinajstić information content (AvgIpc) is 3.35. The first-order chi connectivity index (χ1) is 14.8. The summed E-state index contributed by atoms with van der Waals surface area (Å²) < 4.78 is 3.89. The van der Waals surface area contributed by atoms with Crippen LogP contribution in [0.5, 0.6) is 0 Å². The number of rotatable bonds is 4. The molecule has 2 aromatic carbocycles. The Balaban J connectivity index is 1.67. The van der Waals surface area contributed by atoms with Crippen molar-refractivity contribution in [3.8, 4) is 0 Å². The van der Waals surface area contributed by atoms with Crippen LogP contribution in [-0.4, -0.2) is 25.9 Å². The van der Waals surface area contributed by atoms with Gasteiger partial charge in [0.25, 0.3) is 5.69 Å². The smallest absolute Gasteiger partial charge is 0.271 e. The van der Waals surface area contributed by atoms with Crippen molar-refractivity contribution < 1.29 is 14.5 Å². The molecule has 1 atom stereocenters. The van der Waals surface area contributed by atoms with Crippen LogP contribution in [0.1, 0.15) is 23.5 Å². The molecule has 1 unspecified atom stereocenters. The molecular formula is C22H19N5O4. The van der Waals surface area contributed by atoms with Crippen LogP contribution in [0.25, 0.3) is 21.8 Å². The van der Waals surface area contributed by atoms with Crippen molar-refractivity contribution in [3.63, 3.8) is 0 Å². The lowest BCUT2D eigenvalue weighted by molar-refractivity contribution is -0.384. The minimum absolute atomic E-state index is 0.0314. The standard InChI is InChI=1S/C22H19N5O4/c1-25-9-12(15-4-2-13(23)6-19(15)25)10-26-11-18(17-8-21(28)24-22(17)29)16-5-3-14(27(30)31)7-20(16)26/h2-7,9,11,17H,8,10,23H2,1H3,(H,24,28,29). The molecule has 5 rings (SSSR count). The Kier molecular flexibility index (Phi) is 4.07. The lowest BCUT2D eigenvalue weighted by atomic mass is 9.97. The van der Waals surface area contributed by atoms with Gasteiger partial charge in [0.05, 0.1) is 21.9 Å². The Labute approximate surface area is 176 Å². The highest BCUT2D eigenvalue weighted by Crippen LogP contribution is 2.35. The van der Waals surface area contributed by atoms with Crippen molar-refractivity contribution in [1.82, 2.24) is 14.5 Å². The van der Waals surface area contributed by atoms with E-state index in [9.17, 15) is 19.7 Å². The van der Waals surface area contributed by atoms with E-state index in [2.05, 4.69) is 5.32 Å². The summed E-state index contributed by atoms with van der Waals surface area (Å²) in [5, 5.41) is 15.4. The Morgan fingerprint density at radius 2 is 1.90 bits per heavy atom. The normalized spacial score (nSPS) is 16.4. The van der Waals surface area contributed by atoms with E-state index in [0.29, 0.717) is 23.3 Å². The topological polar surface area (TPSA) is 125 Å². The summed E-state index contributed by atoms with van der Waals surface area (Å²) in [7, 11) is 1.93. The third-order valence-corrected chi connectivity index (χ3v) is 5.89. The summed E-state index contributed by atoms with van der Waals surface area (Å²) in [5.74, 6) is -1.27. The van der Waals surface area contributed by atoms with Gasteiger partial charge in [-0.3, -0.25) is 25.0 Å². The fourth-order valence-electron chi connectivity index (χ4n) is 4.43. The van der Waals surface area contributed by atoms with E-state index in [1.807, 2.05) is 46.8 Å². The van der Waals surface area contributed by atoms with Crippen molar-refractivity contribution in [3.05, 3.63) is 70.0 Å². The van der Waals surface area contributed by atoms with Crippen LogP contribution in [0, 0.1) is 10.1 Å². The number of imide groups is 1. The number of aromatic nitrogens is 2. The number of nitrogen functional groups attached to an aromatic ring is 1. The van der Waals surface area contributed by atoms with Crippen LogP contribution in [0.15, 0.2) is 48.8 Å². The Hall–Kier alpha value is -4.14. The van der Waals surface area contributed by atoms with Gasteiger partial charge in [0, 0.05) is 61.0 Å². The molecule has 2 aromatic heterocycles. The monoisotopic (exact) mass is 417 g/mol. The fourth-order valence-corrected chi connectivity index (χ4v) is 4.43. The Bertz CT molecular complexity index is 1410. The van der Waals surface area contributed by atoms with E-state index in [1.165, 1.54) is 12.1 Å². The van der Waals surface area contributed by atoms with E-state index in [-0.39, 0.29) is 23.9 Å². The predicted octanol–water partition coefficient (Wildman–Crippen LogP) is 2.80. The second kappa shape index (κ2) is 6.69. The van der Waals surface area contributed by atoms with Crippen LogP contribution in [0.2, 0.25) is 0 Å². The fraction of sp³-hybridized carbons (Fsp3) is 0.182. The maximum Gasteiger partial charge on any atom is 0.271 e. The molecular weight excluding hydrogens is 398 g/mol. The van der Waals surface area contributed by atoms with E-state index >= 15 is 0 Å². The second-order valence-electron chi connectivity index (χ2n) is 7.88. The molecule has 3 heterocycles. The van der Waals surface area contributed by atoms with Crippen LogP contribution < -0.4 is 11.1 Å². The summed E-state index contributed by atoms with van der Waals surface area (Å²) >= 11 is 0. The van der Waals surface area contributed by atoms with E-state index < -0.39 is 10.8 Å². The number of nitrogens with one attached hydrogen (secondary N) is 1. The van der Waals surface area contributed by atoms with Crippen molar-refractivity contribution >= 4 is 45.0 Å². The number of carbonyl (C=O) groups is 2. The summed E-state index contributed by atoms with van der Waals surface area (Å²) in [4.78, 5) is 35.0. The number of nitrogens with two attached hydrogens (primary N) is 1. The van der Waals surface area contributed by atoms with Gasteiger partial charge in [0.2, 0.25) is 11.8 Å². The minimum atomic E-state index is -0.606. The summed E-state index contributed by atoms with van der Waals surface area (Å²) in [5.41, 5.74) is 9.89. The van der Waals surface area contributed by atoms with Crippen molar-refractivity contribution in [1.29, 1.82) is 0 Å². The maximum absolute atomic E-state index is 12.3. The van der Waals surface area contributed by atoms with Crippen molar-refractivity contribution in [2.45, 2.75) is 18.9 Å². The molecule has 0 radical (unpaired) electrons. The van der Waals surface area contributed by atoms with Gasteiger partial charge in [-0.2, -0.15) is 0 Å². The number of benzene rings is 2. The van der Waals surface area contributed by atoms with Crippen LogP contribution >= 0.6 is 0 Å². The molecule has 9 nitrogen and oxygen atoms in total. The number of anilines is 1. The average molecular weight is 417 g/mol. The van der Waals surface area contributed by atoms with Gasteiger partial charge in [-0.15, -0.1) is 0 Å². The summed E-state index contributed by atoms with van der Waals surface area (Å²) in [6.45, 7) is 0.446. The molecule has 0 spiro atoms. The predicted molar refractivity (Wildman–Crippen MR) is 116 cm³/mol. The minimum Gasteiger partial charge on any atom is -0.399 e. The van der Waals surface area contributed by atoms with Gasteiger partial charge < -0.3 is 14.9 Å². The number of aryl methyl sites for hydroxylation is 1. The number of carbonyl (C=O) groups excluding carboxylic acids is 2. The molecule has 156 valence electrons. The molecule has 0 saturated carbocycles. The Morgan fingerprint density at radius 1 is 1.13 bits per heavy atom. The number of hydrogen-bond donors (Lipinski definition) is 2. The molecule has 2 amide bonds. The number of amides is 2. The SMILES string of the molecule is Cn1cc(Cn2cc(C3CC(=O)NC3=O)c3ccc([N+](=O)[O-])cc32)c2ccc(N)cc21. The number of non-ortho nitro benzene ring substituents is 1. The molecule has 1 aliphatic rings. The van der Waals surface area contributed by atoms with Gasteiger partial charge in [-0.1, -0.05) is 6.07 Å². The molecule has 1 saturated heterocycles. The third kappa shape index (κ3) is 3.02. The van der Waals surface area contributed by atoms with E-state index in [0.717, 1.165) is 21.9 Å². The zero-order chi connectivity index (χ0) is 21.9. The molecule has 0 bridgehead atoms. The number of nitro groups is 1.